The summed E-state index contributed by atoms with van der Waals surface area (Å²) in [5, 5.41) is 5.98. The number of amides is 1. The van der Waals surface area contributed by atoms with Gasteiger partial charge in [-0.15, -0.1) is 0 Å². The van der Waals surface area contributed by atoms with Gasteiger partial charge in [0, 0.05) is 18.0 Å². The van der Waals surface area contributed by atoms with Crippen LogP contribution in [0.2, 0.25) is 0 Å². The molecular formula is C17H29N3O4. The van der Waals surface area contributed by atoms with Gasteiger partial charge >= 0.3 is 5.97 Å². The minimum atomic E-state index is -0.982. The van der Waals surface area contributed by atoms with Gasteiger partial charge in [0.2, 0.25) is 5.91 Å². The summed E-state index contributed by atoms with van der Waals surface area (Å²) in [6.07, 6.45) is 4.58. The van der Waals surface area contributed by atoms with Gasteiger partial charge in [0.25, 0.3) is 0 Å². The van der Waals surface area contributed by atoms with E-state index in [0.717, 1.165) is 19.1 Å². The molecule has 3 atom stereocenters. The molecule has 0 unspecified atom stereocenters. The zero-order valence-electron chi connectivity index (χ0n) is 14.8. The normalized spacial score (nSPS) is 26.3. The molecule has 136 valence electrons. The molecule has 2 aliphatic rings. The monoisotopic (exact) mass is 339 g/mol. The Morgan fingerprint density at radius 3 is 2.67 bits per heavy atom. The Morgan fingerprint density at radius 1 is 1.54 bits per heavy atom. The van der Waals surface area contributed by atoms with Crippen molar-refractivity contribution >= 4 is 18.2 Å². The predicted molar refractivity (Wildman–Crippen MR) is 89.1 cm³/mol. The van der Waals surface area contributed by atoms with E-state index < -0.39 is 17.6 Å². The summed E-state index contributed by atoms with van der Waals surface area (Å²) in [5.41, 5.74) is 4.89. The highest BCUT2D eigenvalue weighted by molar-refractivity contribution is 5.83. The van der Waals surface area contributed by atoms with Crippen LogP contribution in [0.5, 0.6) is 0 Å². The molecule has 1 amide bonds. The maximum absolute atomic E-state index is 12.1. The van der Waals surface area contributed by atoms with Crippen LogP contribution in [0.3, 0.4) is 0 Å². The van der Waals surface area contributed by atoms with E-state index in [0.29, 0.717) is 25.2 Å². The molecule has 2 fully saturated rings. The van der Waals surface area contributed by atoms with Gasteiger partial charge in [-0.25, -0.2) is 0 Å². The molecule has 0 aromatic heterocycles. The van der Waals surface area contributed by atoms with Crippen LogP contribution in [0.1, 0.15) is 46.0 Å². The van der Waals surface area contributed by atoms with Crippen LogP contribution < -0.4 is 16.4 Å². The molecule has 0 radical (unpaired) electrons. The Labute approximate surface area is 143 Å². The summed E-state index contributed by atoms with van der Waals surface area (Å²) in [4.78, 5) is 35.5. The Hall–Kier alpha value is -1.47. The van der Waals surface area contributed by atoms with Crippen LogP contribution in [0, 0.1) is 11.8 Å². The molecule has 0 bridgehead atoms. The summed E-state index contributed by atoms with van der Waals surface area (Å²) in [5.74, 6) is -0.251. The highest BCUT2D eigenvalue weighted by Gasteiger charge is 2.40. The van der Waals surface area contributed by atoms with Crippen molar-refractivity contribution in [1.82, 2.24) is 10.6 Å². The number of rotatable bonds is 9. The van der Waals surface area contributed by atoms with E-state index in [1.54, 1.807) is 0 Å². The van der Waals surface area contributed by atoms with Crippen molar-refractivity contribution in [3.05, 3.63) is 0 Å². The predicted octanol–water partition coefficient (Wildman–Crippen LogP) is 0.119. The summed E-state index contributed by atoms with van der Waals surface area (Å²) >= 11 is 0. The lowest BCUT2D eigenvalue weighted by atomic mass is 9.90. The standard InChI is InChI=1S/C17H29N3O4/c1-16(2)8-12(14(22)20-16)6-13(15(23)24-3)19-9-17(18,10-21)7-11-4-5-11/h10-13,19H,4-9,18H2,1-3H3,(H,20,22)/t12-,13+,17-/m1/s1. The smallest absolute Gasteiger partial charge is 0.322 e. The van der Waals surface area contributed by atoms with Gasteiger partial charge in [0.1, 0.15) is 12.3 Å². The highest BCUT2D eigenvalue weighted by atomic mass is 16.5. The summed E-state index contributed by atoms with van der Waals surface area (Å²) in [6, 6.07) is -0.651. The number of carbonyl (C=O) groups is 3. The van der Waals surface area contributed by atoms with Crippen molar-refractivity contribution in [3.63, 3.8) is 0 Å². The number of esters is 1. The van der Waals surface area contributed by atoms with Gasteiger partial charge in [0.15, 0.2) is 0 Å². The van der Waals surface area contributed by atoms with Crippen molar-refractivity contribution in [2.45, 2.75) is 63.1 Å². The number of carbonyl (C=O) groups excluding carboxylic acids is 3. The number of nitrogens with one attached hydrogen (secondary N) is 2. The lowest BCUT2D eigenvalue weighted by Crippen LogP contribution is -2.54. The fourth-order valence-corrected chi connectivity index (χ4v) is 3.41. The molecule has 7 nitrogen and oxygen atoms in total. The van der Waals surface area contributed by atoms with Crippen LogP contribution in [0.4, 0.5) is 0 Å². The minimum absolute atomic E-state index is 0.0527. The van der Waals surface area contributed by atoms with E-state index in [-0.39, 0.29) is 23.9 Å². The van der Waals surface area contributed by atoms with Gasteiger partial charge < -0.3 is 25.9 Å². The van der Waals surface area contributed by atoms with Crippen molar-refractivity contribution in [2.75, 3.05) is 13.7 Å². The average Bonchev–Trinajstić information content (AvgIpc) is 3.27. The number of hydrogen-bond donors (Lipinski definition) is 3. The number of methoxy groups -OCH3 is 1. The first-order chi connectivity index (χ1) is 11.2. The molecule has 0 aromatic rings. The molecule has 1 saturated heterocycles. The maximum atomic E-state index is 12.1. The zero-order chi connectivity index (χ0) is 18.0. The number of nitrogens with two attached hydrogens (primary N) is 1. The minimum Gasteiger partial charge on any atom is -0.468 e. The third-order valence-electron chi connectivity index (χ3n) is 4.87. The second kappa shape index (κ2) is 7.19. The Kier molecular flexibility index (Phi) is 5.65. The van der Waals surface area contributed by atoms with Crippen LogP contribution in [-0.2, 0) is 19.1 Å². The van der Waals surface area contributed by atoms with E-state index in [1.807, 2.05) is 13.8 Å². The molecule has 0 spiro atoms. The van der Waals surface area contributed by atoms with E-state index in [1.165, 1.54) is 7.11 Å². The summed E-state index contributed by atoms with van der Waals surface area (Å²) in [7, 11) is 1.31. The van der Waals surface area contributed by atoms with Crippen molar-refractivity contribution in [3.8, 4) is 0 Å². The highest BCUT2D eigenvalue weighted by Crippen LogP contribution is 2.35. The van der Waals surface area contributed by atoms with Gasteiger partial charge in [0.05, 0.1) is 12.6 Å². The number of ether oxygens (including phenoxy) is 1. The largest absolute Gasteiger partial charge is 0.468 e. The summed E-state index contributed by atoms with van der Waals surface area (Å²) < 4.78 is 4.84. The molecule has 1 aliphatic heterocycles. The van der Waals surface area contributed by atoms with Crippen LogP contribution >= 0.6 is 0 Å². The lowest BCUT2D eigenvalue weighted by molar-refractivity contribution is -0.144. The van der Waals surface area contributed by atoms with E-state index in [4.69, 9.17) is 10.5 Å². The Balaban J connectivity index is 1.96. The molecule has 7 heteroatoms. The molecule has 4 N–H and O–H groups in total. The molecule has 1 heterocycles. The average molecular weight is 339 g/mol. The number of hydrogen-bond acceptors (Lipinski definition) is 6. The van der Waals surface area contributed by atoms with E-state index in [2.05, 4.69) is 10.6 Å². The SMILES string of the molecule is COC(=O)[C@H](C[C@@H]1CC(C)(C)NC1=O)NC[C@@](N)(C=O)CC1CC1. The second-order valence-corrected chi connectivity index (χ2v) is 7.97. The molecular weight excluding hydrogens is 310 g/mol. The zero-order valence-corrected chi connectivity index (χ0v) is 14.8. The molecule has 1 aliphatic carbocycles. The Bertz CT molecular complexity index is 504. The van der Waals surface area contributed by atoms with Gasteiger partial charge in [-0.3, -0.25) is 9.59 Å². The first-order valence-corrected chi connectivity index (χ1v) is 8.56. The second-order valence-electron chi connectivity index (χ2n) is 7.97. The number of aldehydes is 1. The van der Waals surface area contributed by atoms with Crippen LogP contribution in [0.15, 0.2) is 0 Å². The van der Waals surface area contributed by atoms with E-state index >= 15 is 0 Å². The molecule has 1 saturated carbocycles. The first kappa shape index (κ1) is 18.9. The van der Waals surface area contributed by atoms with E-state index in [9.17, 15) is 14.4 Å². The van der Waals surface area contributed by atoms with Crippen LogP contribution in [0.25, 0.3) is 0 Å². The quantitative estimate of drug-likeness (QED) is 0.406. The molecule has 24 heavy (non-hydrogen) atoms. The third-order valence-corrected chi connectivity index (χ3v) is 4.87. The molecule has 2 rings (SSSR count). The Morgan fingerprint density at radius 2 is 2.21 bits per heavy atom. The van der Waals surface area contributed by atoms with Gasteiger partial charge in [-0.2, -0.15) is 0 Å². The third kappa shape index (κ3) is 5.01. The topological polar surface area (TPSA) is 111 Å². The lowest BCUT2D eigenvalue weighted by Gasteiger charge is -2.27. The summed E-state index contributed by atoms with van der Waals surface area (Å²) in [6.45, 7) is 4.11. The molecule has 0 aromatic carbocycles. The van der Waals surface area contributed by atoms with Crippen molar-refractivity contribution < 1.29 is 19.1 Å². The van der Waals surface area contributed by atoms with Gasteiger partial charge in [-0.05, 0) is 39.0 Å². The van der Waals surface area contributed by atoms with Crippen molar-refractivity contribution in [1.29, 1.82) is 0 Å². The fraction of sp³-hybridized carbons (Fsp3) is 0.824. The van der Waals surface area contributed by atoms with Crippen LogP contribution in [-0.4, -0.2) is 48.9 Å². The van der Waals surface area contributed by atoms with Crippen molar-refractivity contribution in [2.24, 2.45) is 17.6 Å². The maximum Gasteiger partial charge on any atom is 0.322 e. The first-order valence-electron chi connectivity index (χ1n) is 8.56. The fourth-order valence-electron chi connectivity index (χ4n) is 3.41. The van der Waals surface area contributed by atoms with Gasteiger partial charge in [-0.1, -0.05) is 12.8 Å².